The van der Waals surface area contributed by atoms with E-state index >= 15 is 0 Å². The molecule has 1 saturated heterocycles. The molecule has 1 aromatic carbocycles. The molecule has 1 aliphatic rings. The number of amides is 1. The first-order valence-corrected chi connectivity index (χ1v) is 5.59. The normalized spacial score (nSPS) is 19.3. The maximum atomic E-state index is 13.3. The molecule has 17 heavy (non-hydrogen) atoms. The molecule has 2 rings (SSSR count). The van der Waals surface area contributed by atoms with Crippen molar-refractivity contribution in [1.82, 2.24) is 10.6 Å². The second-order valence-electron chi connectivity index (χ2n) is 4.17. The van der Waals surface area contributed by atoms with Crippen LogP contribution >= 0.6 is 0 Å². The van der Waals surface area contributed by atoms with Crippen LogP contribution in [0.15, 0.2) is 18.2 Å². The van der Waals surface area contributed by atoms with E-state index in [1.807, 2.05) is 0 Å². The minimum Gasteiger partial charge on any atom is -0.352 e. The average molecular weight is 240 g/mol. The first-order chi connectivity index (χ1) is 8.15. The van der Waals surface area contributed by atoms with E-state index < -0.39 is 11.6 Å². The van der Waals surface area contributed by atoms with Crippen molar-refractivity contribution in [1.29, 1.82) is 0 Å². The van der Waals surface area contributed by atoms with Gasteiger partial charge in [0.15, 0.2) is 0 Å². The molecular formula is C12H14F2N2O. The molecule has 2 N–H and O–H groups in total. The van der Waals surface area contributed by atoms with Crippen molar-refractivity contribution in [2.24, 2.45) is 0 Å². The van der Waals surface area contributed by atoms with E-state index in [1.54, 1.807) is 0 Å². The number of rotatable bonds is 3. The standard InChI is InChI=1S/C12H14F2N2O/c13-9-1-2-11(14)8(5-9)6-12(17)16-10-3-4-15-7-10/h1-2,5,10,15H,3-4,6-7H2,(H,16,17). The lowest BCUT2D eigenvalue weighted by Gasteiger charge is -2.11. The highest BCUT2D eigenvalue weighted by atomic mass is 19.1. The van der Waals surface area contributed by atoms with Crippen LogP contribution in [0.2, 0.25) is 0 Å². The molecule has 1 fully saturated rings. The molecule has 0 saturated carbocycles. The lowest BCUT2D eigenvalue weighted by atomic mass is 10.1. The van der Waals surface area contributed by atoms with Crippen molar-refractivity contribution in [3.05, 3.63) is 35.4 Å². The minimum absolute atomic E-state index is 0.0912. The van der Waals surface area contributed by atoms with Crippen LogP contribution in [0.25, 0.3) is 0 Å². The largest absolute Gasteiger partial charge is 0.352 e. The predicted molar refractivity (Wildman–Crippen MR) is 59.5 cm³/mol. The highest BCUT2D eigenvalue weighted by molar-refractivity contribution is 5.79. The molecular weight excluding hydrogens is 226 g/mol. The lowest BCUT2D eigenvalue weighted by molar-refractivity contribution is -0.121. The summed E-state index contributed by atoms with van der Waals surface area (Å²) in [6.45, 7) is 1.61. The smallest absolute Gasteiger partial charge is 0.224 e. The molecule has 1 aromatic rings. The number of hydrogen-bond donors (Lipinski definition) is 2. The van der Waals surface area contributed by atoms with Crippen molar-refractivity contribution in [3.8, 4) is 0 Å². The molecule has 0 aliphatic carbocycles. The second kappa shape index (κ2) is 5.23. The van der Waals surface area contributed by atoms with Crippen LogP contribution in [0.3, 0.4) is 0 Å². The average Bonchev–Trinajstić information content (AvgIpc) is 2.76. The Kier molecular flexibility index (Phi) is 3.68. The number of nitrogens with one attached hydrogen (secondary N) is 2. The Labute approximate surface area is 98.2 Å². The third kappa shape index (κ3) is 3.23. The van der Waals surface area contributed by atoms with Gasteiger partial charge in [0.25, 0.3) is 0 Å². The van der Waals surface area contributed by atoms with Gasteiger partial charge in [-0.25, -0.2) is 8.78 Å². The van der Waals surface area contributed by atoms with Gasteiger partial charge in [-0.1, -0.05) is 0 Å². The summed E-state index contributed by atoms with van der Waals surface area (Å²) < 4.78 is 26.2. The maximum absolute atomic E-state index is 13.3. The fourth-order valence-corrected chi connectivity index (χ4v) is 1.91. The molecule has 5 heteroatoms. The number of carbonyl (C=O) groups excluding carboxylic acids is 1. The van der Waals surface area contributed by atoms with Crippen LogP contribution in [0, 0.1) is 11.6 Å². The SMILES string of the molecule is O=C(Cc1cc(F)ccc1F)NC1CCNC1. The van der Waals surface area contributed by atoms with Gasteiger partial charge >= 0.3 is 0 Å². The molecule has 3 nitrogen and oxygen atoms in total. The van der Waals surface area contributed by atoms with Crippen LogP contribution in [0.1, 0.15) is 12.0 Å². The molecule has 0 spiro atoms. The zero-order valence-corrected chi connectivity index (χ0v) is 9.30. The molecule has 0 aromatic heterocycles. The van der Waals surface area contributed by atoms with Crippen molar-refractivity contribution < 1.29 is 13.6 Å². The predicted octanol–water partition coefficient (Wildman–Crippen LogP) is 0.985. The molecule has 1 amide bonds. The monoisotopic (exact) mass is 240 g/mol. The Balaban J connectivity index is 1.95. The molecule has 1 unspecified atom stereocenters. The minimum atomic E-state index is -0.550. The summed E-state index contributed by atoms with van der Waals surface area (Å²) in [5, 5.41) is 5.90. The van der Waals surface area contributed by atoms with Crippen LogP contribution < -0.4 is 10.6 Å². The molecule has 0 radical (unpaired) electrons. The van der Waals surface area contributed by atoms with Crippen molar-refractivity contribution in [3.63, 3.8) is 0 Å². The van der Waals surface area contributed by atoms with E-state index in [1.165, 1.54) is 0 Å². The Bertz CT molecular complexity index is 417. The van der Waals surface area contributed by atoms with Gasteiger partial charge in [-0.15, -0.1) is 0 Å². The first kappa shape index (κ1) is 12.0. The highest BCUT2D eigenvalue weighted by Gasteiger charge is 2.17. The van der Waals surface area contributed by atoms with Crippen LogP contribution in [0.5, 0.6) is 0 Å². The van der Waals surface area contributed by atoms with Crippen molar-refractivity contribution in [2.45, 2.75) is 18.9 Å². The van der Waals surface area contributed by atoms with Gasteiger partial charge in [-0.2, -0.15) is 0 Å². The molecule has 92 valence electrons. The number of carbonyl (C=O) groups is 1. The van der Waals surface area contributed by atoms with Crippen LogP contribution in [0.4, 0.5) is 8.78 Å². The van der Waals surface area contributed by atoms with Crippen LogP contribution in [-0.4, -0.2) is 25.0 Å². The fraction of sp³-hybridized carbons (Fsp3) is 0.417. The summed E-state index contributed by atoms with van der Waals surface area (Å²) in [6.07, 6.45) is 0.747. The summed E-state index contributed by atoms with van der Waals surface area (Å²) in [6, 6.07) is 3.23. The molecule has 1 aliphatic heterocycles. The zero-order valence-electron chi connectivity index (χ0n) is 9.30. The van der Waals surface area contributed by atoms with Gasteiger partial charge in [0.05, 0.1) is 6.42 Å². The summed E-state index contributed by atoms with van der Waals surface area (Å²) >= 11 is 0. The first-order valence-electron chi connectivity index (χ1n) is 5.59. The van der Waals surface area contributed by atoms with Gasteiger partial charge in [-0.05, 0) is 31.2 Å². The topological polar surface area (TPSA) is 41.1 Å². The molecule has 0 bridgehead atoms. The van der Waals surface area contributed by atoms with E-state index in [0.717, 1.165) is 37.7 Å². The van der Waals surface area contributed by atoms with E-state index in [9.17, 15) is 13.6 Å². The summed E-state index contributed by atoms with van der Waals surface area (Å²) in [5.74, 6) is -1.36. The zero-order chi connectivity index (χ0) is 12.3. The summed E-state index contributed by atoms with van der Waals surface area (Å²) in [5.41, 5.74) is 0.0912. The quantitative estimate of drug-likeness (QED) is 0.827. The molecule has 1 heterocycles. The Morgan fingerprint density at radius 2 is 2.29 bits per heavy atom. The van der Waals surface area contributed by atoms with Crippen molar-refractivity contribution >= 4 is 5.91 Å². The van der Waals surface area contributed by atoms with Crippen LogP contribution in [-0.2, 0) is 11.2 Å². The number of halogens is 2. The van der Waals surface area contributed by atoms with E-state index in [-0.39, 0.29) is 23.9 Å². The highest BCUT2D eigenvalue weighted by Crippen LogP contribution is 2.10. The Morgan fingerprint density at radius 1 is 1.47 bits per heavy atom. The van der Waals surface area contributed by atoms with E-state index in [4.69, 9.17) is 0 Å². The van der Waals surface area contributed by atoms with Gasteiger partial charge in [0.2, 0.25) is 5.91 Å². The van der Waals surface area contributed by atoms with Gasteiger partial charge in [-0.3, -0.25) is 4.79 Å². The third-order valence-corrected chi connectivity index (χ3v) is 2.78. The van der Waals surface area contributed by atoms with E-state index in [0.29, 0.717) is 0 Å². The van der Waals surface area contributed by atoms with Gasteiger partial charge in [0, 0.05) is 18.2 Å². The van der Waals surface area contributed by atoms with Gasteiger partial charge in [0.1, 0.15) is 11.6 Å². The Hall–Kier alpha value is -1.49. The fourth-order valence-electron chi connectivity index (χ4n) is 1.91. The number of hydrogen-bond acceptors (Lipinski definition) is 2. The lowest BCUT2D eigenvalue weighted by Crippen LogP contribution is -2.37. The Morgan fingerprint density at radius 3 is 3.00 bits per heavy atom. The summed E-state index contributed by atoms with van der Waals surface area (Å²) in [4.78, 5) is 11.6. The second-order valence-corrected chi connectivity index (χ2v) is 4.17. The van der Waals surface area contributed by atoms with E-state index in [2.05, 4.69) is 10.6 Å². The third-order valence-electron chi connectivity index (χ3n) is 2.78. The maximum Gasteiger partial charge on any atom is 0.224 e. The number of benzene rings is 1. The summed E-state index contributed by atoms with van der Waals surface area (Å²) in [7, 11) is 0. The molecule has 1 atom stereocenters. The van der Waals surface area contributed by atoms with Crippen molar-refractivity contribution in [2.75, 3.05) is 13.1 Å². The van der Waals surface area contributed by atoms with Gasteiger partial charge < -0.3 is 10.6 Å².